The third kappa shape index (κ3) is 4.42. The first-order chi connectivity index (χ1) is 12.1. The van der Waals surface area contributed by atoms with Gasteiger partial charge < -0.3 is 11.1 Å². The summed E-state index contributed by atoms with van der Waals surface area (Å²) in [6, 6.07) is 12.4. The van der Waals surface area contributed by atoms with Gasteiger partial charge in [-0.25, -0.2) is 9.98 Å². The van der Waals surface area contributed by atoms with Crippen molar-refractivity contribution >= 4 is 56.9 Å². The van der Waals surface area contributed by atoms with Gasteiger partial charge in [-0.1, -0.05) is 32.0 Å². The second-order valence-electron chi connectivity index (χ2n) is 5.70. The highest BCUT2D eigenvalue weighted by Crippen LogP contribution is 2.30. The Hall–Kier alpha value is -1.83. The van der Waals surface area contributed by atoms with Crippen LogP contribution in [0.2, 0.25) is 0 Å². The van der Waals surface area contributed by atoms with Crippen LogP contribution in [0, 0.1) is 0 Å². The number of rotatable bonds is 6. The quantitative estimate of drug-likeness (QED) is 0.317. The molecule has 3 N–H and O–H groups in total. The Morgan fingerprint density at radius 2 is 2.04 bits per heavy atom. The number of thioether (sulfide) groups is 1. The molecule has 25 heavy (non-hydrogen) atoms. The fraction of sp³-hybridized carbons (Fsp3) is 0.222. The second-order valence-corrected chi connectivity index (χ2v) is 8.75. The number of thiazole rings is 1. The number of amidine groups is 1. The van der Waals surface area contributed by atoms with Crippen LogP contribution in [0.3, 0.4) is 0 Å². The minimum atomic E-state index is 0.446. The van der Waals surface area contributed by atoms with Crippen LogP contribution < -0.4 is 11.1 Å². The summed E-state index contributed by atoms with van der Waals surface area (Å²) in [4.78, 5) is 9.96. The number of aliphatic imine (C=N–C) groups is 1. The maximum atomic E-state index is 6.12. The average molecular weight is 389 g/mol. The van der Waals surface area contributed by atoms with E-state index in [0.29, 0.717) is 17.6 Å². The van der Waals surface area contributed by atoms with Gasteiger partial charge in [0, 0.05) is 11.1 Å². The Morgan fingerprint density at radius 3 is 2.76 bits per heavy atom. The van der Waals surface area contributed by atoms with Gasteiger partial charge in [0.15, 0.2) is 10.9 Å². The van der Waals surface area contributed by atoms with Crippen LogP contribution in [0.4, 0.5) is 16.6 Å². The maximum Gasteiger partial charge on any atom is 0.189 e. The first-order valence-electron chi connectivity index (χ1n) is 7.86. The Balaban J connectivity index is 1.78. The van der Waals surface area contributed by atoms with E-state index in [1.165, 1.54) is 21.1 Å². The standard InChI is InChI=1S/C18H20N4S3/c1-11(2)12-6-4-5-7-13(12)20-18-22-15(10-24-18)21-17(19)14-8-9-16(23-3)25-14/h4-11H,1-3H3,(H2,19,21)(H,20,22). The van der Waals surface area contributed by atoms with Crippen LogP contribution in [-0.4, -0.2) is 17.1 Å². The van der Waals surface area contributed by atoms with Crippen LogP contribution >= 0.6 is 34.4 Å². The minimum absolute atomic E-state index is 0.446. The summed E-state index contributed by atoms with van der Waals surface area (Å²) in [6.45, 7) is 4.37. The van der Waals surface area contributed by atoms with Crippen molar-refractivity contribution in [3.05, 3.63) is 52.2 Å². The average Bonchev–Trinajstić information content (AvgIpc) is 3.24. The highest BCUT2D eigenvalue weighted by Gasteiger charge is 2.09. The van der Waals surface area contributed by atoms with Crippen molar-refractivity contribution in [1.29, 1.82) is 0 Å². The van der Waals surface area contributed by atoms with Crippen LogP contribution in [0.25, 0.3) is 0 Å². The summed E-state index contributed by atoms with van der Waals surface area (Å²) in [6.07, 6.45) is 2.05. The van der Waals surface area contributed by atoms with Crippen LogP contribution in [-0.2, 0) is 0 Å². The SMILES string of the molecule is CSc1ccc(C(N)=Nc2csc(Nc3ccccc3C(C)C)n2)s1. The lowest BCUT2D eigenvalue weighted by Crippen LogP contribution is -2.10. The summed E-state index contributed by atoms with van der Waals surface area (Å²) < 4.78 is 1.22. The highest BCUT2D eigenvalue weighted by molar-refractivity contribution is 8.00. The summed E-state index contributed by atoms with van der Waals surface area (Å²) in [5.74, 6) is 1.58. The van der Waals surface area contributed by atoms with Crippen molar-refractivity contribution in [2.24, 2.45) is 10.7 Å². The maximum absolute atomic E-state index is 6.12. The van der Waals surface area contributed by atoms with E-state index in [1.807, 2.05) is 17.5 Å². The number of nitrogens with two attached hydrogens (primary N) is 1. The molecule has 1 aromatic carbocycles. The molecule has 7 heteroatoms. The van der Waals surface area contributed by atoms with E-state index >= 15 is 0 Å². The number of nitrogens with zero attached hydrogens (tertiary/aromatic N) is 2. The Kier molecular flexibility index (Phi) is 5.78. The number of thiophene rings is 1. The molecule has 0 atom stereocenters. The summed E-state index contributed by atoms with van der Waals surface area (Å²) in [5, 5.41) is 6.13. The smallest absolute Gasteiger partial charge is 0.189 e. The molecule has 0 fully saturated rings. The summed E-state index contributed by atoms with van der Waals surface area (Å²) in [5.41, 5.74) is 8.47. The zero-order valence-electron chi connectivity index (χ0n) is 14.3. The molecule has 130 valence electrons. The molecule has 3 aromatic rings. The zero-order valence-corrected chi connectivity index (χ0v) is 16.8. The second kappa shape index (κ2) is 8.03. The predicted molar refractivity (Wildman–Crippen MR) is 112 cm³/mol. The van der Waals surface area contributed by atoms with E-state index in [2.05, 4.69) is 59.7 Å². The van der Waals surface area contributed by atoms with Crippen molar-refractivity contribution in [1.82, 2.24) is 4.98 Å². The zero-order chi connectivity index (χ0) is 17.8. The van der Waals surface area contributed by atoms with Crippen LogP contribution in [0.1, 0.15) is 30.2 Å². The topological polar surface area (TPSA) is 63.3 Å². The van der Waals surface area contributed by atoms with E-state index < -0.39 is 0 Å². The van der Waals surface area contributed by atoms with Crippen molar-refractivity contribution in [3.63, 3.8) is 0 Å². The fourth-order valence-corrected chi connectivity index (χ4v) is 4.43. The molecule has 0 aliphatic heterocycles. The number of aromatic nitrogens is 1. The molecule has 2 heterocycles. The molecule has 2 aromatic heterocycles. The van der Waals surface area contributed by atoms with E-state index in [9.17, 15) is 0 Å². The third-order valence-corrected chi connectivity index (χ3v) is 6.52. The molecular formula is C18H20N4S3. The molecular weight excluding hydrogens is 368 g/mol. The monoisotopic (exact) mass is 388 g/mol. The van der Waals surface area contributed by atoms with Crippen LogP contribution in [0.15, 0.2) is 51.0 Å². The normalized spacial score (nSPS) is 11.9. The number of hydrogen-bond acceptors (Lipinski definition) is 6. The van der Waals surface area contributed by atoms with Gasteiger partial charge in [0.05, 0.1) is 9.09 Å². The van der Waals surface area contributed by atoms with Gasteiger partial charge in [0.2, 0.25) is 0 Å². The molecule has 0 radical (unpaired) electrons. The van der Waals surface area contributed by atoms with Crippen molar-refractivity contribution < 1.29 is 0 Å². The van der Waals surface area contributed by atoms with E-state index in [-0.39, 0.29) is 0 Å². The van der Waals surface area contributed by atoms with Gasteiger partial charge in [-0.05, 0) is 35.9 Å². The lowest BCUT2D eigenvalue weighted by Gasteiger charge is -2.12. The summed E-state index contributed by atoms with van der Waals surface area (Å²) >= 11 is 4.87. The first-order valence-corrected chi connectivity index (χ1v) is 10.8. The number of hydrogen-bond donors (Lipinski definition) is 2. The first kappa shape index (κ1) is 18.0. The molecule has 4 nitrogen and oxygen atoms in total. The van der Waals surface area contributed by atoms with Crippen molar-refractivity contribution in [2.75, 3.05) is 11.6 Å². The van der Waals surface area contributed by atoms with Gasteiger partial charge >= 0.3 is 0 Å². The molecule has 0 spiro atoms. The van der Waals surface area contributed by atoms with Crippen molar-refractivity contribution in [2.45, 2.75) is 24.0 Å². The molecule has 0 amide bonds. The fourth-order valence-electron chi connectivity index (χ4n) is 2.35. The lowest BCUT2D eigenvalue weighted by molar-refractivity contribution is 0.869. The Bertz CT molecular complexity index is 880. The molecule has 0 aliphatic rings. The largest absolute Gasteiger partial charge is 0.382 e. The van der Waals surface area contributed by atoms with Crippen molar-refractivity contribution in [3.8, 4) is 0 Å². The Labute approximate surface area is 160 Å². The van der Waals surface area contributed by atoms with E-state index in [0.717, 1.165) is 15.7 Å². The highest BCUT2D eigenvalue weighted by atomic mass is 32.2. The van der Waals surface area contributed by atoms with Gasteiger partial charge in [0.1, 0.15) is 5.84 Å². The molecule has 0 aliphatic carbocycles. The van der Waals surface area contributed by atoms with Gasteiger partial charge in [-0.2, -0.15) is 0 Å². The third-order valence-electron chi connectivity index (χ3n) is 3.59. The minimum Gasteiger partial charge on any atom is -0.382 e. The molecule has 0 bridgehead atoms. The number of benzene rings is 1. The summed E-state index contributed by atoms with van der Waals surface area (Å²) in [7, 11) is 0. The number of nitrogens with one attached hydrogen (secondary N) is 1. The molecule has 0 saturated heterocycles. The van der Waals surface area contributed by atoms with Gasteiger partial charge in [-0.3, -0.25) is 0 Å². The Morgan fingerprint density at radius 1 is 1.24 bits per heavy atom. The van der Waals surface area contributed by atoms with E-state index in [1.54, 1.807) is 23.1 Å². The number of para-hydroxylation sites is 1. The van der Waals surface area contributed by atoms with E-state index in [4.69, 9.17) is 5.73 Å². The molecule has 0 unspecified atom stereocenters. The number of anilines is 2. The van der Waals surface area contributed by atoms with Gasteiger partial charge in [0.25, 0.3) is 0 Å². The molecule has 3 rings (SSSR count). The lowest BCUT2D eigenvalue weighted by atomic mass is 10.0. The van der Waals surface area contributed by atoms with Gasteiger partial charge in [-0.15, -0.1) is 34.4 Å². The predicted octanol–water partition coefficient (Wildman–Crippen LogP) is 5.83. The van der Waals surface area contributed by atoms with Crippen LogP contribution in [0.5, 0.6) is 0 Å². The molecule has 0 saturated carbocycles.